The van der Waals surface area contributed by atoms with E-state index in [0.29, 0.717) is 6.42 Å². The fourth-order valence-corrected chi connectivity index (χ4v) is 4.06. The summed E-state index contributed by atoms with van der Waals surface area (Å²) in [6.07, 6.45) is 2.85. The Kier molecular flexibility index (Phi) is 4.79. The monoisotopic (exact) mass is 359 g/mol. The molecular weight excluding hydrogens is 337 g/mol. The van der Waals surface area contributed by atoms with Crippen LogP contribution in [-0.2, 0) is 11.8 Å². The van der Waals surface area contributed by atoms with Gasteiger partial charge in [0.2, 0.25) is 0 Å². The van der Waals surface area contributed by atoms with Gasteiger partial charge in [-0.1, -0.05) is 23.7 Å². The second-order valence-electron chi connectivity index (χ2n) is 6.56. The smallest absolute Gasteiger partial charge is 0.142 e. The number of likely N-dealkylation sites (N-methyl/N-ethyl adjacent to an activating group) is 1. The number of nitrogens with zero attached hydrogens (tertiary/aromatic N) is 1. The number of hydrogen-bond donors (Lipinski definition) is 0. The molecule has 0 spiro atoms. The standard InChI is InChI=1S/C21H23ClFNO/c1-5-20-21(3,13-14-7-9-17(22)18(23)11-14)16-12-15(25-4)8-10-19(16)24(20)6-2/h5,7-12H,6,13H2,1-4H3/b20-5-. The summed E-state index contributed by atoms with van der Waals surface area (Å²) in [6, 6.07) is 11.3. The second kappa shape index (κ2) is 6.72. The van der Waals surface area contributed by atoms with E-state index in [2.05, 4.69) is 43.9 Å². The summed E-state index contributed by atoms with van der Waals surface area (Å²) in [5, 5.41) is 0.156. The summed E-state index contributed by atoms with van der Waals surface area (Å²) in [5.41, 5.74) is 4.30. The quantitative estimate of drug-likeness (QED) is 0.691. The maximum atomic E-state index is 13.9. The maximum Gasteiger partial charge on any atom is 0.142 e. The highest BCUT2D eigenvalue weighted by Gasteiger charge is 2.43. The largest absolute Gasteiger partial charge is 0.497 e. The summed E-state index contributed by atoms with van der Waals surface area (Å²) in [6.45, 7) is 7.29. The maximum absolute atomic E-state index is 13.9. The Bertz CT molecular complexity index is 833. The average Bonchev–Trinajstić information content (AvgIpc) is 2.85. The van der Waals surface area contributed by atoms with Crippen molar-refractivity contribution in [3.05, 3.63) is 70.1 Å². The minimum absolute atomic E-state index is 0.156. The van der Waals surface area contributed by atoms with Gasteiger partial charge in [0.15, 0.2) is 0 Å². The zero-order valence-electron chi connectivity index (χ0n) is 15.1. The van der Waals surface area contributed by atoms with E-state index in [9.17, 15) is 4.39 Å². The molecule has 2 nitrogen and oxygen atoms in total. The SMILES string of the molecule is C/C=C1\N(CC)c2ccc(OC)cc2C1(C)Cc1ccc(Cl)c(F)c1. The third-order valence-corrected chi connectivity index (χ3v) is 5.38. The van der Waals surface area contributed by atoms with Crippen molar-refractivity contribution < 1.29 is 9.13 Å². The molecule has 1 unspecified atom stereocenters. The number of halogens is 2. The van der Waals surface area contributed by atoms with E-state index in [1.54, 1.807) is 13.2 Å². The fourth-order valence-electron chi connectivity index (χ4n) is 3.94. The number of methoxy groups -OCH3 is 1. The number of allylic oxidation sites excluding steroid dienone is 2. The van der Waals surface area contributed by atoms with Crippen LogP contribution in [0.1, 0.15) is 31.9 Å². The van der Waals surface area contributed by atoms with Crippen LogP contribution in [0.4, 0.5) is 10.1 Å². The van der Waals surface area contributed by atoms with Crippen molar-refractivity contribution in [2.45, 2.75) is 32.6 Å². The van der Waals surface area contributed by atoms with Gasteiger partial charge in [-0.2, -0.15) is 0 Å². The lowest BCUT2D eigenvalue weighted by Crippen LogP contribution is -2.30. The molecule has 0 fully saturated rings. The Labute approximate surface area is 153 Å². The summed E-state index contributed by atoms with van der Waals surface area (Å²) >= 11 is 5.84. The van der Waals surface area contributed by atoms with Gasteiger partial charge in [-0.05, 0) is 68.7 Å². The Morgan fingerprint density at radius 1 is 1.24 bits per heavy atom. The lowest BCUT2D eigenvalue weighted by Gasteiger charge is -2.30. The Morgan fingerprint density at radius 2 is 2.00 bits per heavy atom. The van der Waals surface area contributed by atoms with E-state index >= 15 is 0 Å². The molecule has 132 valence electrons. The molecule has 0 saturated heterocycles. The third-order valence-electron chi connectivity index (χ3n) is 5.08. The Balaban J connectivity index is 2.13. The molecule has 3 rings (SSSR count). The van der Waals surface area contributed by atoms with E-state index in [1.807, 2.05) is 12.1 Å². The number of rotatable bonds is 4. The van der Waals surface area contributed by atoms with Crippen LogP contribution in [0.5, 0.6) is 5.75 Å². The zero-order valence-corrected chi connectivity index (χ0v) is 15.8. The summed E-state index contributed by atoms with van der Waals surface area (Å²) in [4.78, 5) is 2.32. The van der Waals surface area contributed by atoms with Gasteiger partial charge in [-0.25, -0.2) is 4.39 Å². The van der Waals surface area contributed by atoms with Gasteiger partial charge in [0.05, 0.1) is 12.1 Å². The van der Waals surface area contributed by atoms with E-state index in [0.717, 1.165) is 17.9 Å². The molecule has 0 saturated carbocycles. The van der Waals surface area contributed by atoms with Crippen LogP contribution in [0.25, 0.3) is 0 Å². The lowest BCUT2D eigenvalue weighted by atomic mass is 9.76. The summed E-state index contributed by atoms with van der Waals surface area (Å²) in [5.74, 6) is 0.460. The van der Waals surface area contributed by atoms with Gasteiger partial charge < -0.3 is 9.64 Å². The number of anilines is 1. The van der Waals surface area contributed by atoms with Gasteiger partial charge in [0, 0.05) is 23.3 Å². The van der Waals surface area contributed by atoms with Gasteiger partial charge in [-0.15, -0.1) is 0 Å². The highest BCUT2D eigenvalue weighted by molar-refractivity contribution is 6.30. The molecule has 2 aromatic carbocycles. The van der Waals surface area contributed by atoms with Crippen LogP contribution in [0.2, 0.25) is 5.02 Å². The molecule has 0 aromatic heterocycles. The van der Waals surface area contributed by atoms with Crippen LogP contribution in [0, 0.1) is 5.82 Å². The molecule has 0 bridgehead atoms. The van der Waals surface area contributed by atoms with Gasteiger partial charge in [0.25, 0.3) is 0 Å². The Morgan fingerprint density at radius 3 is 2.60 bits per heavy atom. The molecular formula is C21H23ClFNO. The van der Waals surface area contributed by atoms with Crippen LogP contribution in [0.3, 0.4) is 0 Å². The predicted molar refractivity (Wildman–Crippen MR) is 102 cm³/mol. The number of fused-ring (bicyclic) bond motifs is 1. The van der Waals surface area contributed by atoms with E-state index < -0.39 is 0 Å². The normalized spacial score (nSPS) is 20.9. The summed E-state index contributed by atoms with van der Waals surface area (Å²) < 4.78 is 19.4. The molecule has 1 heterocycles. The highest BCUT2D eigenvalue weighted by Crippen LogP contribution is 2.50. The summed E-state index contributed by atoms with van der Waals surface area (Å²) in [7, 11) is 1.68. The first-order chi connectivity index (χ1) is 11.9. The Hall–Kier alpha value is -2.00. The molecule has 25 heavy (non-hydrogen) atoms. The van der Waals surface area contributed by atoms with Crippen LogP contribution >= 0.6 is 11.6 Å². The van der Waals surface area contributed by atoms with Crippen LogP contribution in [-0.4, -0.2) is 13.7 Å². The molecule has 2 aromatic rings. The predicted octanol–water partition coefficient (Wildman–Crippen LogP) is 5.73. The minimum Gasteiger partial charge on any atom is -0.497 e. The van der Waals surface area contributed by atoms with Crippen LogP contribution in [0.15, 0.2) is 48.2 Å². The van der Waals surface area contributed by atoms with Crippen molar-refractivity contribution in [2.24, 2.45) is 0 Å². The van der Waals surface area contributed by atoms with Crippen molar-refractivity contribution in [3.8, 4) is 5.75 Å². The van der Waals surface area contributed by atoms with Crippen molar-refractivity contribution in [3.63, 3.8) is 0 Å². The third kappa shape index (κ3) is 2.91. The molecule has 1 atom stereocenters. The van der Waals surface area contributed by atoms with Crippen LogP contribution < -0.4 is 9.64 Å². The molecule has 0 N–H and O–H groups in total. The van der Waals surface area contributed by atoms with Crippen molar-refractivity contribution in [2.75, 3.05) is 18.6 Å². The number of ether oxygens (including phenoxy) is 1. The minimum atomic E-state index is -0.374. The molecule has 1 aliphatic rings. The molecule has 4 heteroatoms. The zero-order chi connectivity index (χ0) is 18.2. The van der Waals surface area contributed by atoms with E-state index in [4.69, 9.17) is 16.3 Å². The second-order valence-corrected chi connectivity index (χ2v) is 6.97. The number of benzene rings is 2. The molecule has 1 aliphatic heterocycles. The average molecular weight is 360 g/mol. The van der Waals surface area contributed by atoms with Crippen molar-refractivity contribution in [1.29, 1.82) is 0 Å². The topological polar surface area (TPSA) is 12.5 Å². The first-order valence-corrected chi connectivity index (χ1v) is 8.89. The molecule has 0 aliphatic carbocycles. The van der Waals surface area contributed by atoms with E-state index in [1.165, 1.54) is 23.0 Å². The first-order valence-electron chi connectivity index (χ1n) is 8.51. The highest BCUT2D eigenvalue weighted by atomic mass is 35.5. The molecule has 0 radical (unpaired) electrons. The van der Waals surface area contributed by atoms with Crippen molar-refractivity contribution in [1.82, 2.24) is 0 Å². The number of hydrogen-bond acceptors (Lipinski definition) is 2. The lowest BCUT2D eigenvalue weighted by molar-refractivity contribution is 0.413. The van der Waals surface area contributed by atoms with Gasteiger partial charge in [0.1, 0.15) is 11.6 Å². The van der Waals surface area contributed by atoms with Gasteiger partial charge in [-0.3, -0.25) is 0 Å². The fraction of sp³-hybridized carbons (Fsp3) is 0.333. The van der Waals surface area contributed by atoms with Gasteiger partial charge >= 0.3 is 0 Å². The van der Waals surface area contributed by atoms with Crippen molar-refractivity contribution >= 4 is 17.3 Å². The molecule has 0 amide bonds. The van der Waals surface area contributed by atoms with E-state index in [-0.39, 0.29) is 16.3 Å². The first kappa shape index (κ1) is 17.8.